The highest BCUT2D eigenvalue weighted by Gasteiger charge is 2.27. The summed E-state index contributed by atoms with van der Waals surface area (Å²) in [5.41, 5.74) is 1.92. The zero-order chi connectivity index (χ0) is 20.8. The van der Waals surface area contributed by atoms with E-state index < -0.39 is 20.8 Å². The number of ether oxygens (including phenoxy) is 1. The third-order valence-electron chi connectivity index (χ3n) is 5.44. The lowest BCUT2D eigenvalue weighted by Gasteiger charge is -2.34. The normalized spacial score (nSPS) is 18.9. The Bertz CT molecular complexity index is 1210. The number of aromatic amines is 1. The van der Waals surface area contributed by atoms with Crippen LogP contribution in [0.1, 0.15) is 19.2 Å². The average Bonchev–Trinajstić information content (AvgIpc) is 3.16. The predicted octanol–water partition coefficient (Wildman–Crippen LogP) is 2.18. The maximum absolute atomic E-state index is 13.2. The number of aromatic nitrogens is 3. The monoisotopic (exact) mass is 416 g/mol. The van der Waals surface area contributed by atoms with Crippen molar-refractivity contribution in [1.82, 2.24) is 14.5 Å². The van der Waals surface area contributed by atoms with E-state index in [1.165, 1.54) is 11.5 Å². The van der Waals surface area contributed by atoms with Gasteiger partial charge in [-0.25, -0.2) is 13.4 Å². The summed E-state index contributed by atoms with van der Waals surface area (Å²) in [5, 5.41) is -0.0459. The van der Waals surface area contributed by atoms with Crippen molar-refractivity contribution in [3.8, 4) is 11.3 Å². The molecule has 1 saturated heterocycles. The van der Waals surface area contributed by atoms with Crippen LogP contribution in [0, 0.1) is 0 Å². The molecule has 9 heteroatoms. The lowest BCUT2D eigenvalue weighted by molar-refractivity contribution is 0.0983. The highest BCUT2D eigenvalue weighted by atomic mass is 32.2. The Morgan fingerprint density at radius 2 is 2.10 bits per heavy atom. The molecule has 3 aromatic rings. The summed E-state index contributed by atoms with van der Waals surface area (Å²) in [6.45, 7) is 4.98. The summed E-state index contributed by atoms with van der Waals surface area (Å²) in [5.74, 6) is 0.251. The first-order chi connectivity index (χ1) is 13.8. The van der Waals surface area contributed by atoms with Crippen LogP contribution >= 0.6 is 0 Å². The quantitative estimate of drug-likeness (QED) is 0.700. The first kappa shape index (κ1) is 19.7. The lowest BCUT2D eigenvalue weighted by Crippen LogP contribution is -2.47. The molecule has 4 rings (SSSR count). The fraction of sp³-hybridized carbons (Fsp3) is 0.400. The molecule has 154 valence electrons. The minimum atomic E-state index is -3.48. The van der Waals surface area contributed by atoms with Gasteiger partial charge in [-0.15, -0.1) is 0 Å². The van der Waals surface area contributed by atoms with Crippen LogP contribution in [0.4, 0.5) is 5.82 Å². The largest absolute Gasteiger partial charge is 0.377 e. The highest BCUT2D eigenvalue weighted by molar-refractivity contribution is 7.90. The van der Waals surface area contributed by atoms with Gasteiger partial charge in [0.05, 0.1) is 24.9 Å². The Morgan fingerprint density at radius 1 is 1.31 bits per heavy atom. The third-order valence-corrected chi connectivity index (χ3v) is 6.90. The van der Waals surface area contributed by atoms with Gasteiger partial charge in [-0.2, -0.15) is 0 Å². The van der Waals surface area contributed by atoms with Gasteiger partial charge in [0.25, 0.3) is 5.56 Å². The average molecular weight is 417 g/mol. The number of nitrogens with one attached hydrogen (secondary N) is 1. The Hall–Kier alpha value is -2.65. The molecule has 1 aliphatic rings. The second-order valence-corrected chi connectivity index (χ2v) is 9.79. The van der Waals surface area contributed by atoms with Crippen molar-refractivity contribution >= 4 is 26.6 Å². The standard InChI is InChI=1S/C20H24N4O4S/c1-13-12-28-10-9-23(13)19-20(25)24(14(2)29(3,26)27)11-18(22-19)15-5-4-6-17-16(15)7-8-21-17/h4-8,11,13-14,21H,9-10,12H2,1-3H3/t13-,14?/m1/s1. The van der Waals surface area contributed by atoms with Gasteiger partial charge in [-0.1, -0.05) is 12.1 Å². The van der Waals surface area contributed by atoms with E-state index in [0.29, 0.717) is 25.5 Å². The smallest absolute Gasteiger partial charge is 0.294 e. The fourth-order valence-corrected chi connectivity index (χ4v) is 4.21. The first-order valence-electron chi connectivity index (χ1n) is 9.50. The molecule has 0 radical (unpaired) electrons. The van der Waals surface area contributed by atoms with Crippen LogP contribution in [-0.2, 0) is 14.6 Å². The molecule has 0 aliphatic carbocycles. The topological polar surface area (TPSA) is 97.3 Å². The molecular formula is C20H24N4O4S. The van der Waals surface area contributed by atoms with Crippen molar-refractivity contribution in [3.05, 3.63) is 47.0 Å². The number of sulfone groups is 1. The predicted molar refractivity (Wildman–Crippen MR) is 113 cm³/mol. The SMILES string of the molecule is CC(n1cc(-c2cccc3[nH]ccc23)nc(N2CCOC[C@H]2C)c1=O)S(C)(=O)=O. The van der Waals surface area contributed by atoms with E-state index in [9.17, 15) is 13.2 Å². The summed E-state index contributed by atoms with van der Waals surface area (Å²) < 4.78 is 31.2. The minimum absolute atomic E-state index is 0.0377. The number of fused-ring (bicyclic) bond motifs is 1. The molecule has 1 aromatic carbocycles. The van der Waals surface area contributed by atoms with E-state index in [4.69, 9.17) is 9.72 Å². The minimum Gasteiger partial charge on any atom is -0.377 e. The van der Waals surface area contributed by atoms with Gasteiger partial charge in [-0.05, 0) is 26.0 Å². The molecule has 1 unspecified atom stereocenters. The van der Waals surface area contributed by atoms with E-state index in [-0.39, 0.29) is 11.9 Å². The number of anilines is 1. The van der Waals surface area contributed by atoms with E-state index in [1.807, 2.05) is 42.3 Å². The van der Waals surface area contributed by atoms with Crippen LogP contribution in [0.25, 0.3) is 22.2 Å². The third kappa shape index (κ3) is 3.56. The van der Waals surface area contributed by atoms with E-state index >= 15 is 0 Å². The van der Waals surface area contributed by atoms with Crippen LogP contribution in [0.5, 0.6) is 0 Å². The number of hydrogen-bond acceptors (Lipinski definition) is 6. The summed E-state index contributed by atoms with van der Waals surface area (Å²) in [6, 6.07) is 7.69. The summed E-state index contributed by atoms with van der Waals surface area (Å²) >= 11 is 0. The molecule has 0 amide bonds. The maximum Gasteiger partial charge on any atom is 0.294 e. The van der Waals surface area contributed by atoms with Crippen molar-refractivity contribution in [2.24, 2.45) is 0 Å². The zero-order valence-electron chi connectivity index (χ0n) is 16.6. The highest BCUT2D eigenvalue weighted by Crippen LogP contribution is 2.29. The van der Waals surface area contributed by atoms with Crippen LogP contribution in [0.15, 0.2) is 41.5 Å². The summed E-state index contributed by atoms with van der Waals surface area (Å²) in [7, 11) is -3.48. The molecule has 0 saturated carbocycles. The molecule has 0 bridgehead atoms. The molecule has 2 aromatic heterocycles. The number of rotatable bonds is 4. The Kier molecular flexibility index (Phi) is 4.95. The van der Waals surface area contributed by atoms with E-state index in [1.54, 1.807) is 6.20 Å². The zero-order valence-corrected chi connectivity index (χ0v) is 17.4. The second kappa shape index (κ2) is 7.31. The van der Waals surface area contributed by atoms with Crippen molar-refractivity contribution < 1.29 is 13.2 Å². The van der Waals surface area contributed by atoms with E-state index in [2.05, 4.69) is 4.98 Å². The van der Waals surface area contributed by atoms with Gasteiger partial charge < -0.3 is 14.6 Å². The van der Waals surface area contributed by atoms with Gasteiger partial charge in [-0.3, -0.25) is 9.36 Å². The molecule has 8 nitrogen and oxygen atoms in total. The van der Waals surface area contributed by atoms with Crippen molar-refractivity contribution in [2.75, 3.05) is 30.9 Å². The lowest BCUT2D eigenvalue weighted by atomic mass is 10.1. The number of nitrogens with zero attached hydrogens (tertiary/aromatic N) is 3. The first-order valence-corrected chi connectivity index (χ1v) is 11.5. The molecule has 29 heavy (non-hydrogen) atoms. The Morgan fingerprint density at radius 3 is 2.83 bits per heavy atom. The molecule has 1 aliphatic heterocycles. The van der Waals surface area contributed by atoms with Crippen molar-refractivity contribution in [3.63, 3.8) is 0 Å². The van der Waals surface area contributed by atoms with E-state index in [0.717, 1.165) is 22.7 Å². The molecule has 3 heterocycles. The molecule has 1 N–H and O–H groups in total. The number of benzene rings is 1. The van der Waals surface area contributed by atoms with Crippen LogP contribution in [0.2, 0.25) is 0 Å². The fourth-order valence-electron chi connectivity index (χ4n) is 3.64. The Balaban J connectivity index is 1.98. The van der Waals surface area contributed by atoms with Crippen molar-refractivity contribution in [1.29, 1.82) is 0 Å². The van der Waals surface area contributed by atoms with Gasteiger partial charge in [0.15, 0.2) is 15.7 Å². The Labute approximate surface area is 169 Å². The molecule has 1 fully saturated rings. The van der Waals surface area contributed by atoms with Gasteiger partial charge in [0.1, 0.15) is 5.37 Å². The van der Waals surface area contributed by atoms with Gasteiger partial charge >= 0.3 is 0 Å². The number of H-pyrrole nitrogens is 1. The summed E-state index contributed by atoms with van der Waals surface area (Å²) in [4.78, 5) is 23.0. The second-order valence-electron chi connectivity index (χ2n) is 7.45. The molecule has 2 atom stereocenters. The summed E-state index contributed by atoms with van der Waals surface area (Å²) in [6.07, 6.45) is 4.52. The van der Waals surface area contributed by atoms with Crippen LogP contribution in [-0.4, -0.2) is 55.0 Å². The van der Waals surface area contributed by atoms with Crippen LogP contribution in [0.3, 0.4) is 0 Å². The molecular weight excluding hydrogens is 392 g/mol. The number of morpholine rings is 1. The van der Waals surface area contributed by atoms with Gasteiger partial charge in [0.2, 0.25) is 0 Å². The van der Waals surface area contributed by atoms with Gasteiger partial charge in [0, 0.05) is 41.7 Å². The van der Waals surface area contributed by atoms with Crippen molar-refractivity contribution in [2.45, 2.75) is 25.3 Å². The molecule has 0 spiro atoms. The number of hydrogen-bond donors (Lipinski definition) is 1. The maximum atomic E-state index is 13.2. The van der Waals surface area contributed by atoms with Crippen LogP contribution < -0.4 is 10.5 Å².